The lowest BCUT2D eigenvalue weighted by molar-refractivity contribution is 0.559. The van der Waals surface area contributed by atoms with Gasteiger partial charge in [-0.25, -0.2) is 0 Å². The van der Waals surface area contributed by atoms with Gasteiger partial charge in [-0.1, -0.05) is 18.2 Å². The third-order valence-corrected chi connectivity index (χ3v) is 1.18. The van der Waals surface area contributed by atoms with Crippen LogP contribution < -0.4 is 0 Å². The highest BCUT2D eigenvalue weighted by Gasteiger charge is 1.90. The maximum Gasteiger partial charge on any atom is 0.0403 e. The van der Waals surface area contributed by atoms with Gasteiger partial charge in [-0.15, -0.1) is 0 Å². The van der Waals surface area contributed by atoms with Crippen molar-refractivity contribution in [2.45, 2.75) is 6.92 Å². The third kappa shape index (κ3) is 1.76. The smallest absolute Gasteiger partial charge is 0.0403 e. The van der Waals surface area contributed by atoms with Gasteiger partial charge in [0, 0.05) is 12.7 Å². The average molecular weight is 121 g/mol. The average Bonchev–Trinajstić information content (AvgIpc) is 1.91. The summed E-state index contributed by atoms with van der Waals surface area (Å²) in [4.78, 5) is 2.12. The van der Waals surface area contributed by atoms with Gasteiger partial charge in [-0.3, -0.25) is 0 Å². The van der Waals surface area contributed by atoms with Crippen molar-refractivity contribution in [2.75, 3.05) is 6.54 Å². The molecule has 0 aromatic heterocycles. The van der Waals surface area contributed by atoms with Crippen LogP contribution in [-0.2, 0) is 0 Å². The van der Waals surface area contributed by atoms with Gasteiger partial charge in [0.25, 0.3) is 0 Å². The molecular formula is C8H11N. The van der Waals surface area contributed by atoms with Crippen LogP contribution in [0.5, 0.6) is 0 Å². The molecule has 1 nitrogen and oxygen atoms in total. The molecule has 48 valence electrons. The highest BCUT2D eigenvalue weighted by atomic mass is 15.1. The van der Waals surface area contributed by atoms with E-state index in [1.807, 2.05) is 19.1 Å². The van der Waals surface area contributed by atoms with Crippen molar-refractivity contribution in [3.63, 3.8) is 0 Å². The number of hydrogen-bond acceptors (Lipinski definition) is 1. The van der Waals surface area contributed by atoms with Crippen LogP contribution in [-0.4, -0.2) is 11.4 Å². The number of nitrogens with zero attached hydrogens (tertiary/aromatic N) is 1. The summed E-state index contributed by atoms with van der Waals surface area (Å²) in [6.45, 7) is 3.02. The molecule has 0 fully saturated rings. The fourth-order valence-electron chi connectivity index (χ4n) is 0.784. The molecule has 9 heavy (non-hydrogen) atoms. The van der Waals surface area contributed by atoms with Gasteiger partial charge >= 0.3 is 0 Å². The lowest BCUT2D eigenvalue weighted by Crippen LogP contribution is -2.10. The standard InChI is InChI=1S/C8H11N/c1-2-6-9-7-4-3-5-8-9/h2-7H,8H2,1H3. The summed E-state index contributed by atoms with van der Waals surface area (Å²) in [5, 5.41) is 0. The van der Waals surface area contributed by atoms with E-state index < -0.39 is 0 Å². The Morgan fingerprint density at radius 2 is 2.33 bits per heavy atom. The Labute approximate surface area is 56.0 Å². The molecule has 0 atom stereocenters. The molecule has 1 aliphatic rings. The molecule has 0 bridgehead atoms. The van der Waals surface area contributed by atoms with Gasteiger partial charge in [-0.05, 0) is 19.2 Å². The van der Waals surface area contributed by atoms with Crippen molar-refractivity contribution in [1.29, 1.82) is 0 Å². The van der Waals surface area contributed by atoms with Crippen LogP contribution in [0, 0.1) is 0 Å². The van der Waals surface area contributed by atoms with Gasteiger partial charge in [0.05, 0.1) is 0 Å². The Morgan fingerprint density at radius 1 is 1.44 bits per heavy atom. The number of rotatable bonds is 1. The van der Waals surface area contributed by atoms with Gasteiger partial charge in [0.1, 0.15) is 0 Å². The highest BCUT2D eigenvalue weighted by molar-refractivity contribution is 5.10. The zero-order valence-corrected chi connectivity index (χ0v) is 5.62. The van der Waals surface area contributed by atoms with Crippen LogP contribution in [0.25, 0.3) is 0 Å². The number of allylic oxidation sites excluding steroid dienone is 3. The van der Waals surface area contributed by atoms with Crippen molar-refractivity contribution >= 4 is 0 Å². The van der Waals surface area contributed by atoms with Crippen molar-refractivity contribution in [2.24, 2.45) is 0 Å². The minimum Gasteiger partial charge on any atom is -0.351 e. The van der Waals surface area contributed by atoms with E-state index in [1.165, 1.54) is 0 Å². The monoisotopic (exact) mass is 121 g/mol. The van der Waals surface area contributed by atoms with E-state index in [0.29, 0.717) is 0 Å². The summed E-state index contributed by atoms with van der Waals surface area (Å²) in [6.07, 6.45) is 12.4. The fraction of sp³-hybridized carbons (Fsp3) is 0.250. The SMILES string of the molecule is CC=CN1C=CC=CC1. The Morgan fingerprint density at radius 3 is 2.89 bits per heavy atom. The maximum absolute atomic E-state index is 2.12. The second-order valence-corrected chi connectivity index (χ2v) is 1.95. The summed E-state index contributed by atoms with van der Waals surface area (Å²) < 4.78 is 0. The molecule has 0 aromatic carbocycles. The molecule has 0 radical (unpaired) electrons. The molecule has 1 heterocycles. The Bertz CT molecular complexity index is 154. The van der Waals surface area contributed by atoms with E-state index in [1.54, 1.807) is 0 Å². The van der Waals surface area contributed by atoms with E-state index >= 15 is 0 Å². The first-order valence-electron chi connectivity index (χ1n) is 3.15. The summed E-state index contributed by atoms with van der Waals surface area (Å²) in [5.41, 5.74) is 0. The van der Waals surface area contributed by atoms with Gasteiger partial charge < -0.3 is 4.90 Å². The molecule has 1 heteroatoms. The summed E-state index contributed by atoms with van der Waals surface area (Å²) in [7, 11) is 0. The molecule has 1 rings (SSSR count). The maximum atomic E-state index is 2.12. The minimum atomic E-state index is 1.00. The summed E-state index contributed by atoms with van der Waals surface area (Å²) >= 11 is 0. The zero-order chi connectivity index (χ0) is 6.53. The molecule has 0 spiro atoms. The van der Waals surface area contributed by atoms with Crippen molar-refractivity contribution in [3.05, 3.63) is 36.7 Å². The normalized spacial score (nSPS) is 17.7. The molecular weight excluding hydrogens is 110 g/mol. The van der Waals surface area contributed by atoms with Crippen LogP contribution in [0.15, 0.2) is 36.7 Å². The second kappa shape index (κ2) is 3.13. The minimum absolute atomic E-state index is 1.00. The Balaban J connectivity index is 2.46. The van der Waals surface area contributed by atoms with Gasteiger partial charge in [-0.2, -0.15) is 0 Å². The van der Waals surface area contributed by atoms with Crippen molar-refractivity contribution in [1.82, 2.24) is 4.90 Å². The predicted octanol–water partition coefficient (Wildman–Crippen LogP) is 1.91. The first-order chi connectivity index (χ1) is 4.43. The lowest BCUT2D eigenvalue weighted by Gasteiger charge is -2.13. The van der Waals surface area contributed by atoms with E-state index in [0.717, 1.165) is 6.54 Å². The van der Waals surface area contributed by atoms with Crippen LogP contribution in [0.3, 0.4) is 0 Å². The fourth-order valence-corrected chi connectivity index (χ4v) is 0.784. The van der Waals surface area contributed by atoms with Crippen molar-refractivity contribution in [3.8, 4) is 0 Å². The summed E-state index contributed by atoms with van der Waals surface area (Å²) in [5.74, 6) is 0. The van der Waals surface area contributed by atoms with E-state index in [4.69, 9.17) is 0 Å². The molecule has 0 N–H and O–H groups in total. The molecule has 0 aromatic rings. The van der Waals surface area contributed by atoms with Crippen LogP contribution in [0.2, 0.25) is 0 Å². The lowest BCUT2D eigenvalue weighted by atomic mass is 10.4. The zero-order valence-electron chi connectivity index (χ0n) is 5.62. The highest BCUT2D eigenvalue weighted by Crippen LogP contribution is 1.97. The summed E-state index contributed by atoms with van der Waals surface area (Å²) in [6, 6.07) is 0. The molecule has 0 unspecified atom stereocenters. The molecule has 0 aliphatic carbocycles. The van der Waals surface area contributed by atoms with Crippen molar-refractivity contribution < 1.29 is 0 Å². The van der Waals surface area contributed by atoms with Crippen LogP contribution >= 0.6 is 0 Å². The molecule has 1 aliphatic heterocycles. The first kappa shape index (κ1) is 6.14. The molecule has 0 amide bonds. The topological polar surface area (TPSA) is 3.24 Å². The Hall–Kier alpha value is -0.980. The van der Waals surface area contributed by atoms with Gasteiger partial charge in [0.2, 0.25) is 0 Å². The van der Waals surface area contributed by atoms with E-state index in [2.05, 4.69) is 29.5 Å². The van der Waals surface area contributed by atoms with E-state index in [-0.39, 0.29) is 0 Å². The van der Waals surface area contributed by atoms with Gasteiger partial charge in [0.15, 0.2) is 0 Å². The molecule has 0 saturated heterocycles. The predicted molar refractivity (Wildman–Crippen MR) is 39.8 cm³/mol. The largest absolute Gasteiger partial charge is 0.351 e. The van der Waals surface area contributed by atoms with Crippen LogP contribution in [0.4, 0.5) is 0 Å². The first-order valence-corrected chi connectivity index (χ1v) is 3.15. The van der Waals surface area contributed by atoms with E-state index in [9.17, 15) is 0 Å². The van der Waals surface area contributed by atoms with Crippen LogP contribution in [0.1, 0.15) is 6.92 Å². The third-order valence-electron chi connectivity index (χ3n) is 1.18. The number of hydrogen-bond donors (Lipinski definition) is 0. The molecule has 0 saturated carbocycles. The second-order valence-electron chi connectivity index (χ2n) is 1.95. The Kier molecular flexibility index (Phi) is 2.13. The quantitative estimate of drug-likeness (QED) is 0.512.